The zero-order valence-corrected chi connectivity index (χ0v) is 14.1. The fourth-order valence-electron chi connectivity index (χ4n) is 2.31. The van der Waals surface area contributed by atoms with E-state index in [2.05, 4.69) is 22.4 Å². The van der Waals surface area contributed by atoms with E-state index in [1.807, 2.05) is 7.05 Å². The second-order valence-electron chi connectivity index (χ2n) is 5.52. The van der Waals surface area contributed by atoms with Gasteiger partial charge in [0.05, 0.1) is 0 Å². The zero-order chi connectivity index (χ0) is 14.5. The zero-order valence-electron chi connectivity index (χ0n) is 13.3. The predicted molar refractivity (Wildman–Crippen MR) is 88.5 cm³/mol. The van der Waals surface area contributed by atoms with Gasteiger partial charge in [-0.05, 0) is 13.5 Å². The van der Waals surface area contributed by atoms with Crippen LogP contribution in [0.5, 0.6) is 0 Å². The first-order chi connectivity index (χ1) is 9.86. The van der Waals surface area contributed by atoms with Gasteiger partial charge in [0.25, 0.3) is 0 Å². The van der Waals surface area contributed by atoms with E-state index in [1.54, 1.807) is 11.3 Å². The minimum absolute atomic E-state index is 0.993. The molecule has 3 nitrogen and oxygen atoms in total. The highest BCUT2D eigenvalue weighted by Crippen LogP contribution is 2.15. The fraction of sp³-hybridized carbons (Fsp3) is 0.875. The Hall–Kier alpha value is -0.480. The van der Waals surface area contributed by atoms with Crippen LogP contribution in [0.2, 0.25) is 0 Å². The minimum atomic E-state index is 0.993. The van der Waals surface area contributed by atoms with E-state index in [0.717, 1.165) is 19.4 Å². The lowest BCUT2D eigenvalue weighted by atomic mass is 10.1. The van der Waals surface area contributed by atoms with E-state index in [-0.39, 0.29) is 0 Å². The number of nitrogens with zero attached hydrogens (tertiary/aromatic N) is 2. The molecule has 0 unspecified atom stereocenters. The van der Waals surface area contributed by atoms with E-state index in [4.69, 9.17) is 0 Å². The molecular weight excluding hydrogens is 266 g/mol. The van der Waals surface area contributed by atoms with Gasteiger partial charge in [-0.3, -0.25) is 0 Å². The van der Waals surface area contributed by atoms with Gasteiger partial charge in [-0.15, -0.1) is 21.5 Å². The second kappa shape index (κ2) is 12.3. The first-order valence-corrected chi connectivity index (χ1v) is 9.14. The van der Waals surface area contributed by atoms with Crippen LogP contribution >= 0.6 is 11.3 Å². The molecule has 116 valence electrons. The number of aromatic nitrogens is 2. The van der Waals surface area contributed by atoms with Crippen molar-refractivity contribution in [1.82, 2.24) is 15.5 Å². The smallest absolute Gasteiger partial charge is 0.118 e. The summed E-state index contributed by atoms with van der Waals surface area (Å²) in [5.74, 6) is 0. The van der Waals surface area contributed by atoms with Crippen LogP contribution < -0.4 is 5.32 Å². The average molecular weight is 298 g/mol. The molecule has 4 heteroatoms. The van der Waals surface area contributed by atoms with Gasteiger partial charge in [-0.1, -0.05) is 58.3 Å². The molecule has 0 atom stereocenters. The first kappa shape index (κ1) is 17.6. The second-order valence-corrected chi connectivity index (χ2v) is 6.67. The number of rotatable bonds is 13. The summed E-state index contributed by atoms with van der Waals surface area (Å²) in [4.78, 5) is 0. The summed E-state index contributed by atoms with van der Waals surface area (Å²) < 4.78 is 0. The largest absolute Gasteiger partial charge is 0.319 e. The lowest BCUT2D eigenvalue weighted by molar-refractivity contribution is 0.564. The maximum Gasteiger partial charge on any atom is 0.118 e. The Balaban J connectivity index is 1.94. The van der Waals surface area contributed by atoms with Crippen LogP contribution in [-0.2, 0) is 12.8 Å². The van der Waals surface area contributed by atoms with Crippen LogP contribution in [0.15, 0.2) is 0 Å². The van der Waals surface area contributed by atoms with Gasteiger partial charge in [-0.2, -0.15) is 0 Å². The third-order valence-electron chi connectivity index (χ3n) is 3.59. The van der Waals surface area contributed by atoms with Crippen molar-refractivity contribution in [3.05, 3.63) is 10.0 Å². The van der Waals surface area contributed by atoms with E-state index in [9.17, 15) is 0 Å². The van der Waals surface area contributed by atoms with Crippen molar-refractivity contribution in [2.24, 2.45) is 0 Å². The molecule has 0 fully saturated rings. The van der Waals surface area contributed by atoms with Gasteiger partial charge in [0.2, 0.25) is 0 Å². The molecule has 0 saturated carbocycles. The van der Waals surface area contributed by atoms with Crippen LogP contribution in [0.4, 0.5) is 0 Å². The Kier molecular flexibility index (Phi) is 10.8. The number of hydrogen-bond donors (Lipinski definition) is 1. The third-order valence-corrected chi connectivity index (χ3v) is 4.63. The normalized spacial score (nSPS) is 11.1. The van der Waals surface area contributed by atoms with Gasteiger partial charge >= 0.3 is 0 Å². The molecule has 1 aromatic heterocycles. The maximum absolute atomic E-state index is 4.28. The van der Waals surface area contributed by atoms with Crippen molar-refractivity contribution in [2.45, 2.75) is 77.6 Å². The fourth-order valence-corrected chi connectivity index (χ4v) is 3.20. The van der Waals surface area contributed by atoms with Crippen LogP contribution in [0.3, 0.4) is 0 Å². The molecule has 0 amide bonds. The van der Waals surface area contributed by atoms with E-state index < -0.39 is 0 Å². The molecule has 1 rings (SSSR count). The molecule has 0 radical (unpaired) electrons. The monoisotopic (exact) mass is 297 g/mol. The van der Waals surface area contributed by atoms with Gasteiger partial charge in [0.15, 0.2) is 0 Å². The summed E-state index contributed by atoms with van der Waals surface area (Å²) in [6.45, 7) is 3.27. The van der Waals surface area contributed by atoms with Crippen molar-refractivity contribution >= 4 is 11.3 Å². The van der Waals surface area contributed by atoms with Crippen LogP contribution in [-0.4, -0.2) is 23.8 Å². The lowest BCUT2D eigenvalue weighted by Gasteiger charge is -2.00. The summed E-state index contributed by atoms with van der Waals surface area (Å²) in [6.07, 6.45) is 14.6. The van der Waals surface area contributed by atoms with Crippen molar-refractivity contribution in [3.8, 4) is 0 Å². The number of aryl methyl sites for hydroxylation is 1. The molecule has 1 N–H and O–H groups in total. The van der Waals surface area contributed by atoms with Crippen molar-refractivity contribution in [2.75, 3.05) is 13.6 Å². The molecule has 0 aliphatic heterocycles. The molecule has 1 aromatic rings. The Morgan fingerprint density at radius 1 is 0.800 bits per heavy atom. The predicted octanol–water partition coefficient (Wildman–Crippen LogP) is 4.37. The number of nitrogens with one attached hydrogen (secondary N) is 1. The Bertz CT molecular complexity index is 325. The standard InChI is InChI=1S/C16H31N3S/c1-3-4-5-6-7-8-9-10-11-12-15-18-19-16(20-15)13-14-17-2/h17H,3-14H2,1-2H3. The molecule has 0 spiro atoms. The van der Waals surface area contributed by atoms with Gasteiger partial charge in [0.1, 0.15) is 10.0 Å². The van der Waals surface area contributed by atoms with Crippen molar-refractivity contribution in [1.29, 1.82) is 0 Å². The molecule has 0 bridgehead atoms. The first-order valence-electron chi connectivity index (χ1n) is 8.32. The van der Waals surface area contributed by atoms with Crippen LogP contribution in [0, 0.1) is 0 Å². The minimum Gasteiger partial charge on any atom is -0.319 e. The summed E-state index contributed by atoms with van der Waals surface area (Å²) in [5, 5.41) is 14.1. The lowest BCUT2D eigenvalue weighted by Crippen LogP contribution is -2.09. The highest BCUT2D eigenvalue weighted by Gasteiger charge is 2.03. The summed E-state index contributed by atoms with van der Waals surface area (Å²) in [6, 6.07) is 0. The van der Waals surface area contributed by atoms with Crippen molar-refractivity contribution < 1.29 is 0 Å². The van der Waals surface area contributed by atoms with Gasteiger partial charge < -0.3 is 5.32 Å². The highest BCUT2D eigenvalue weighted by molar-refractivity contribution is 7.11. The summed E-state index contributed by atoms with van der Waals surface area (Å²) in [5.41, 5.74) is 0. The number of likely N-dealkylation sites (N-methyl/N-ethyl adjacent to an activating group) is 1. The molecule has 0 aliphatic rings. The number of unbranched alkanes of at least 4 members (excludes halogenated alkanes) is 8. The van der Waals surface area contributed by atoms with E-state index >= 15 is 0 Å². The number of hydrogen-bond acceptors (Lipinski definition) is 4. The Labute approximate surface area is 128 Å². The Morgan fingerprint density at radius 3 is 1.95 bits per heavy atom. The SMILES string of the molecule is CCCCCCCCCCCc1nnc(CCNC)s1. The van der Waals surface area contributed by atoms with Crippen LogP contribution in [0.1, 0.15) is 74.7 Å². The third kappa shape index (κ3) is 8.64. The molecule has 0 aromatic carbocycles. The highest BCUT2D eigenvalue weighted by atomic mass is 32.1. The van der Waals surface area contributed by atoms with Crippen molar-refractivity contribution in [3.63, 3.8) is 0 Å². The Morgan fingerprint density at radius 2 is 1.35 bits per heavy atom. The van der Waals surface area contributed by atoms with Crippen LogP contribution in [0.25, 0.3) is 0 Å². The van der Waals surface area contributed by atoms with Gasteiger partial charge in [0, 0.05) is 19.4 Å². The van der Waals surface area contributed by atoms with E-state index in [0.29, 0.717) is 0 Å². The quantitative estimate of drug-likeness (QED) is 0.549. The molecule has 0 saturated heterocycles. The summed E-state index contributed by atoms with van der Waals surface area (Å²) in [7, 11) is 1.98. The molecule has 0 aliphatic carbocycles. The average Bonchev–Trinajstić information content (AvgIpc) is 2.91. The topological polar surface area (TPSA) is 37.8 Å². The van der Waals surface area contributed by atoms with E-state index in [1.165, 1.54) is 67.8 Å². The summed E-state index contributed by atoms with van der Waals surface area (Å²) >= 11 is 1.79. The molecular formula is C16H31N3S. The van der Waals surface area contributed by atoms with Gasteiger partial charge in [-0.25, -0.2) is 0 Å². The molecule has 1 heterocycles. The molecule has 20 heavy (non-hydrogen) atoms. The maximum atomic E-state index is 4.28.